The molecule has 4 rings (SSSR count). The smallest absolute Gasteiger partial charge is 0.224 e. The summed E-state index contributed by atoms with van der Waals surface area (Å²) in [7, 11) is 0. The van der Waals surface area contributed by atoms with Gasteiger partial charge >= 0.3 is 0 Å². The first kappa shape index (κ1) is 24.6. The number of hydrogen-bond acceptors (Lipinski definition) is 5. The summed E-state index contributed by atoms with van der Waals surface area (Å²) in [6.45, 7) is 8.11. The van der Waals surface area contributed by atoms with E-state index in [-0.39, 0.29) is 5.91 Å². The first-order chi connectivity index (χ1) is 17.2. The van der Waals surface area contributed by atoms with E-state index in [0.29, 0.717) is 31.8 Å². The Morgan fingerprint density at radius 1 is 0.829 bits per heavy atom. The number of nitrogens with zero attached hydrogens (tertiary/aromatic N) is 2. The zero-order chi connectivity index (χ0) is 24.3. The summed E-state index contributed by atoms with van der Waals surface area (Å²) in [5.74, 6) is 1.44. The van der Waals surface area contributed by atoms with Crippen LogP contribution in [0.15, 0.2) is 78.9 Å². The molecule has 0 aromatic heterocycles. The van der Waals surface area contributed by atoms with Crippen LogP contribution < -0.4 is 19.7 Å². The fraction of sp³-hybridized carbons (Fsp3) is 0.345. The van der Waals surface area contributed by atoms with Crippen molar-refractivity contribution in [2.75, 3.05) is 49.6 Å². The van der Waals surface area contributed by atoms with Crippen LogP contribution in [-0.2, 0) is 11.3 Å². The monoisotopic (exact) mass is 473 g/mol. The lowest BCUT2D eigenvalue weighted by Gasteiger charge is -2.36. The number of amides is 1. The SMILES string of the molecule is CCOc1ccccc1OCCCC(=O)Nc1ccc(N2CCN(Cc3ccccc3)CC2)cc1. The van der Waals surface area contributed by atoms with E-state index in [1.54, 1.807) is 0 Å². The highest BCUT2D eigenvalue weighted by Gasteiger charge is 2.17. The predicted molar refractivity (Wildman–Crippen MR) is 141 cm³/mol. The van der Waals surface area contributed by atoms with Gasteiger partial charge in [-0.3, -0.25) is 9.69 Å². The second-order valence-corrected chi connectivity index (χ2v) is 8.68. The van der Waals surface area contributed by atoms with Crippen LogP contribution in [-0.4, -0.2) is 50.2 Å². The number of benzene rings is 3. The van der Waals surface area contributed by atoms with Gasteiger partial charge in [-0.25, -0.2) is 0 Å². The zero-order valence-electron chi connectivity index (χ0n) is 20.5. The number of anilines is 2. The summed E-state index contributed by atoms with van der Waals surface area (Å²) in [4.78, 5) is 17.3. The van der Waals surface area contributed by atoms with E-state index in [9.17, 15) is 4.79 Å². The molecule has 0 aliphatic carbocycles. The molecule has 1 heterocycles. The van der Waals surface area contributed by atoms with Crippen molar-refractivity contribution >= 4 is 17.3 Å². The third kappa shape index (κ3) is 7.49. The van der Waals surface area contributed by atoms with Gasteiger partial charge in [-0.2, -0.15) is 0 Å². The first-order valence-electron chi connectivity index (χ1n) is 12.5. The molecule has 1 N–H and O–H groups in total. The van der Waals surface area contributed by atoms with Crippen LogP contribution in [0.3, 0.4) is 0 Å². The van der Waals surface area contributed by atoms with Crippen LogP contribution in [0.5, 0.6) is 11.5 Å². The molecule has 0 saturated carbocycles. The Hall–Kier alpha value is -3.51. The molecule has 1 amide bonds. The maximum atomic E-state index is 12.4. The molecule has 1 saturated heterocycles. The lowest BCUT2D eigenvalue weighted by molar-refractivity contribution is -0.116. The second kappa shape index (κ2) is 12.8. The van der Waals surface area contributed by atoms with Gasteiger partial charge in [0.1, 0.15) is 0 Å². The predicted octanol–water partition coefficient (Wildman–Crippen LogP) is 5.21. The molecule has 0 unspecified atom stereocenters. The number of carbonyl (C=O) groups excluding carboxylic acids is 1. The molecule has 6 nitrogen and oxygen atoms in total. The molecule has 3 aromatic carbocycles. The summed E-state index contributed by atoms with van der Waals surface area (Å²) in [5.41, 5.74) is 3.38. The quantitative estimate of drug-likeness (QED) is 0.388. The number of carbonyl (C=O) groups is 1. The van der Waals surface area contributed by atoms with Gasteiger partial charge in [0.2, 0.25) is 5.91 Å². The summed E-state index contributed by atoms with van der Waals surface area (Å²) >= 11 is 0. The van der Waals surface area contributed by atoms with Gasteiger partial charge in [-0.05, 0) is 55.3 Å². The van der Waals surface area contributed by atoms with E-state index in [4.69, 9.17) is 9.47 Å². The maximum absolute atomic E-state index is 12.4. The molecular formula is C29H35N3O3. The van der Waals surface area contributed by atoms with E-state index in [1.807, 2.05) is 43.3 Å². The minimum Gasteiger partial charge on any atom is -0.490 e. The van der Waals surface area contributed by atoms with Crippen molar-refractivity contribution < 1.29 is 14.3 Å². The van der Waals surface area contributed by atoms with Gasteiger partial charge in [0.25, 0.3) is 0 Å². The molecule has 0 radical (unpaired) electrons. The van der Waals surface area contributed by atoms with Crippen LogP contribution >= 0.6 is 0 Å². The third-order valence-corrected chi connectivity index (χ3v) is 6.09. The third-order valence-electron chi connectivity index (χ3n) is 6.09. The standard InChI is InChI=1S/C29H35N3O3/c1-2-34-27-11-6-7-12-28(27)35-22-8-13-29(33)30-25-14-16-26(17-15-25)32-20-18-31(19-21-32)23-24-9-4-3-5-10-24/h3-7,9-12,14-17H,2,8,13,18-23H2,1H3,(H,30,33). The number of nitrogens with one attached hydrogen (secondary N) is 1. The van der Waals surface area contributed by atoms with Crippen LogP contribution in [0.25, 0.3) is 0 Å². The van der Waals surface area contributed by atoms with E-state index in [2.05, 4.69) is 57.6 Å². The van der Waals surface area contributed by atoms with Crippen LogP contribution in [0.2, 0.25) is 0 Å². The van der Waals surface area contributed by atoms with Crippen molar-refractivity contribution in [1.29, 1.82) is 0 Å². The molecule has 0 spiro atoms. The molecule has 1 aliphatic rings. The number of hydrogen-bond donors (Lipinski definition) is 1. The first-order valence-corrected chi connectivity index (χ1v) is 12.5. The second-order valence-electron chi connectivity index (χ2n) is 8.68. The van der Waals surface area contributed by atoms with E-state index in [0.717, 1.165) is 44.2 Å². The maximum Gasteiger partial charge on any atom is 0.224 e. The van der Waals surface area contributed by atoms with Gasteiger partial charge < -0.3 is 19.7 Å². The highest BCUT2D eigenvalue weighted by atomic mass is 16.5. The van der Waals surface area contributed by atoms with Gasteiger partial charge in [0, 0.05) is 50.5 Å². The van der Waals surface area contributed by atoms with Gasteiger partial charge in [0.15, 0.2) is 11.5 Å². The highest BCUT2D eigenvalue weighted by molar-refractivity contribution is 5.90. The minimum absolute atomic E-state index is 0.00558. The molecule has 6 heteroatoms. The largest absolute Gasteiger partial charge is 0.490 e. The lowest BCUT2D eigenvalue weighted by Crippen LogP contribution is -2.45. The molecule has 0 bridgehead atoms. The normalized spacial score (nSPS) is 13.9. The Bertz CT molecular complexity index is 1050. The molecule has 0 atom stereocenters. The van der Waals surface area contributed by atoms with E-state index >= 15 is 0 Å². The Morgan fingerprint density at radius 2 is 1.49 bits per heavy atom. The Kier molecular flexibility index (Phi) is 9.01. The molecule has 3 aromatic rings. The van der Waals surface area contributed by atoms with Crippen molar-refractivity contribution in [3.05, 3.63) is 84.4 Å². The zero-order valence-corrected chi connectivity index (χ0v) is 20.5. The highest BCUT2D eigenvalue weighted by Crippen LogP contribution is 2.26. The van der Waals surface area contributed by atoms with Gasteiger partial charge in [-0.15, -0.1) is 0 Å². The average Bonchev–Trinajstić information content (AvgIpc) is 2.89. The van der Waals surface area contributed by atoms with Gasteiger partial charge in [-0.1, -0.05) is 42.5 Å². The van der Waals surface area contributed by atoms with Crippen molar-refractivity contribution in [2.24, 2.45) is 0 Å². The summed E-state index contributed by atoms with van der Waals surface area (Å²) in [6.07, 6.45) is 1.04. The summed E-state index contributed by atoms with van der Waals surface area (Å²) < 4.78 is 11.4. The van der Waals surface area contributed by atoms with Crippen LogP contribution in [0, 0.1) is 0 Å². The van der Waals surface area contributed by atoms with Crippen LogP contribution in [0.4, 0.5) is 11.4 Å². The van der Waals surface area contributed by atoms with E-state index in [1.165, 1.54) is 11.3 Å². The van der Waals surface area contributed by atoms with Crippen molar-refractivity contribution in [3.63, 3.8) is 0 Å². The minimum atomic E-state index is -0.00558. The lowest BCUT2D eigenvalue weighted by atomic mass is 10.2. The fourth-order valence-electron chi connectivity index (χ4n) is 4.24. The summed E-state index contributed by atoms with van der Waals surface area (Å²) in [6, 6.07) is 26.4. The number of piperazine rings is 1. The Morgan fingerprint density at radius 3 is 2.17 bits per heavy atom. The molecular weight excluding hydrogens is 438 g/mol. The topological polar surface area (TPSA) is 54.0 Å². The number of ether oxygens (including phenoxy) is 2. The number of para-hydroxylation sites is 2. The number of rotatable bonds is 11. The van der Waals surface area contributed by atoms with Crippen LogP contribution in [0.1, 0.15) is 25.3 Å². The van der Waals surface area contributed by atoms with E-state index < -0.39 is 0 Å². The van der Waals surface area contributed by atoms with Gasteiger partial charge in [0.05, 0.1) is 13.2 Å². The molecule has 1 fully saturated rings. The average molecular weight is 474 g/mol. The molecule has 35 heavy (non-hydrogen) atoms. The van der Waals surface area contributed by atoms with Crippen molar-refractivity contribution in [2.45, 2.75) is 26.3 Å². The van der Waals surface area contributed by atoms with Crippen molar-refractivity contribution in [1.82, 2.24) is 4.90 Å². The molecule has 184 valence electrons. The fourth-order valence-corrected chi connectivity index (χ4v) is 4.24. The Labute approximate surface area is 208 Å². The van der Waals surface area contributed by atoms with Crippen molar-refractivity contribution in [3.8, 4) is 11.5 Å². The Balaban J connectivity index is 1.16. The molecule has 1 aliphatic heterocycles. The summed E-state index contributed by atoms with van der Waals surface area (Å²) in [5, 5.41) is 2.99.